The van der Waals surface area contributed by atoms with E-state index >= 15 is 0 Å². The number of hydrogen-bond donors (Lipinski definition) is 2. The van der Waals surface area contributed by atoms with Gasteiger partial charge in [-0.25, -0.2) is 0 Å². The molecule has 1 aliphatic rings. The highest BCUT2D eigenvalue weighted by molar-refractivity contribution is 7.10. The van der Waals surface area contributed by atoms with Gasteiger partial charge in [-0.1, -0.05) is 6.07 Å². The third-order valence-electron chi connectivity index (χ3n) is 3.94. The quantitative estimate of drug-likeness (QED) is 0.766. The minimum absolute atomic E-state index is 0.0622. The number of aromatic nitrogens is 2. The first-order chi connectivity index (χ1) is 11.6. The first-order valence-corrected chi connectivity index (χ1v) is 8.26. The highest BCUT2D eigenvalue weighted by Crippen LogP contribution is 2.42. The molecule has 0 bridgehead atoms. The molecule has 24 heavy (non-hydrogen) atoms. The van der Waals surface area contributed by atoms with Gasteiger partial charge in [-0.3, -0.25) is 14.3 Å². The van der Waals surface area contributed by atoms with Crippen molar-refractivity contribution in [1.29, 1.82) is 0 Å². The number of amides is 2. The number of carbonyl (C=O) groups is 2. The molecule has 0 radical (unpaired) electrons. The van der Waals surface area contributed by atoms with E-state index in [2.05, 4.69) is 15.7 Å². The fourth-order valence-electron chi connectivity index (χ4n) is 2.89. The molecule has 1 aliphatic heterocycles. The van der Waals surface area contributed by atoms with Crippen molar-refractivity contribution in [1.82, 2.24) is 9.78 Å². The van der Waals surface area contributed by atoms with E-state index in [0.717, 1.165) is 10.4 Å². The Hall–Kier alpha value is -2.87. The molecule has 8 heteroatoms. The van der Waals surface area contributed by atoms with Crippen LogP contribution in [0.1, 0.15) is 33.3 Å². The highest BCUT2D eigenvalue weighted by Gasteiger charge is 2.34. The van der Waals surface area contributed by atoms with Crippen LogP contribution in [0.5, 0.6) is 0 Å². The smallest absolute Gasteiger partial charge is 0.292 e. The Morgan fingerprint density at radius 2 is 2.33 bits per heavy atom. The summed E-state index contributed by atoms with van der Waals surface area (Å²) in [6.07, 6.45) is 1.76. The van der Waals surface area contributed by atoms with Crippen LogP contribution in [0.2, 0.25) is 0 Å². The topological polar surface area (TPSA) is 89.2 Å². The Morgan fingerprint density at radius 1 is 1.46 bits per heavy atom. The van der Waals surface area contributed by atoms with Gasteiger partial charge >= 0.3 is 0 Å². The Bertz CT molecular complexity index is 896. The summed E-state index contributed by atoms with van der Waals surface area (Å²) in [4.78, 5) is 25.4. The lowest BCUT2D eigenvalue weighted by Crippen LogP contribution is -2.24. The van der Waals surface area contributed by atoms with Crippen LogP contribution in [0.4, 0.5) is 11.6 Å². The molecule has 0 saturated heterocycles. The summed E-state index contributed by atoms with van der Waals surface area (Å²) in [5.41, 5.74) is 0.819. The van der Waals surface area contributed by atoms with Crippen LogP contribution < -0.4 is 10.6 Å². The number of nitrogens with zero attached hydrogens (tertiary/aromatic N) is 2. The third-order valence-corrected chi connectivity index (χ3v) is 4.93. The zero-order valence-corrected chi connectivity index (χ0v) is 13.6. The van der Waals surface area contributed by atoms with Gasteiger partial charge in [-0.2, -0.15) is 5.10 Å². The Labute approximate surface area is 141 Å². The van der Waals surface area contributed by atoms with Gasteiger partial charge < -0.3 is 15.1 Å². The van der Waals surface area contributed by atoms with Gasteiger partial charge in [-0.15, -0.1) is 11.3 Å². The molecule has 0 fully saturated rings. The standard InChI is InChI=1S/C16H14N4O3S/c1-20-15-13(9(8-12(21)17-15)11-5-3-7-24-11)14(19-20)18-16(22)10-4-2-6-23-10/h2-7,9H,8H2,1H3,(H,17,21)(H,18,19,22). The van der Waals surface area contributed by atoms with Gasteiger partial charge in [-0.05, 0) is 23.6 Å². The van der Waals surface area contributed by atoms with Crippen LogP contribution in [0.3, 0.4) is 0 Å². The van der Waals surface area contributed by atoms with E-state index in [4.69, 9.17) is 4.42 Å². The summed E-state index contributed by atoms with van der Waals surface area (Å²) in [5.74, 6) is 0.693. The number of thiophene rings is 1. The lowest BCUT2D eigenvalue weighted by atomic mass is 9.92. The predicted octanol–water partition coefficient (Wildman–Crippen LogP) is 2.80. The van der Waals surface area contributed by atoms with Crippen molar-refractivity contribution in [2.45, 2.75) is 12.3 Å². The summed E-state index contributed by atoms with van der Waals surface area (Å²) >= 11 is 1.58. The van der Waals surface area contributed by atoms with E-state index in [0.29, 0.717) is 18.1 Å². The van der Waals surface area contributed by atoms with Gasteiger partial charge in [0.15, 0.2) is 11.6 Å². The largest absolute Gasteiger partial charge is 0.459 e. The van der Waals surface area contributed by atoms with Crippen LogP contribution in [0, 0.1) is 0 Å². The van der Waals surface area contributed by atoms with Gasteiger partial charge in [0.05, 0.1) is 6.26 Å². The molecule has 7 nitrogen and oxygen atoms in total. The molecule has 0 aromatic carbocycles. The minimum atomic E-state index is -0.372. The average Bonchev–Trinajstić information content (AvgIpc) is 3.29. The van der Waals surface area contributed by atoms with E-state index in [1.54, 1.807) is 35.2 Å². The Balaban J connectivity index is 1.76. The summed E-state index contributed by atoms with van der Waals surface area (Å²) in [5, 5.41) is 12.0. The molecule has 0 saturated carbocycles. The van der Waals surface area contributed by atoms with Crippen molar-refractivity contribution in [3.8, 4) is 0 Å². The third kappa shape index (κ3) is 2.41. The van der Waals surface area contributed by atoms with E-state index in [-0.39, 0.29) is 23.5 Å². The average molecular weight is 342 g/mol. The normalized spacial score (nSPS) is 16.5. The van der Waals surface area contributed by atoms with Gasteiger partial charge in [0.25, 0.3) is 5.91 Å². The number of aryl methyl sites for hydroxylation is 1. The molecule has 4 heterocycles. The molecule has 122 valence electrons. The molecular weight excluding hydrogens is 328 g/mol. The molecule has 0 aliphatic carbocycles. The Morgan fingerprint density at radius 3 is 3.04 bits per heavy atom. The van der Waals surface area contributed by atoms with Crippen LogP contribution in [0.25, 0.3) is 0 Å². The van der Waals surface area contributed by atoms with Crippen molar-refractivity contribution in [2.75, 3.05) is 10.6 Å². The molecule has 1 unspecified atom stereocenters. The molecule has 4 rings (SSSR count). The number of anilines is 2. The summed E-state index contributed by atoms with van der Waals surface area (Å²) < 4.78 is 6.69. The van der Waals surface area contributed by atoms with E-state index in [9.17, 15) is 9.59 Å². The number of nitrogens with one attached hydrogen (secondary N) is 2. The lowest BCUT2D eigenvalue weighted by molar-refractivity contribution is -0.116. The number of fused-ring (bicyclic) bond motifs is 1. The highest BCUT2D eigenvalue weighted by atomic mass is 32.1. The fourth-order valence-corrected chi connectivity index (χ4v) is 3.73. The zero-order valence-electron chi connectivity index (χ0n) is 12.8. The van der Waals surface area contributed by atoms with E-state index < -0.39 is 0 Å². The summed E-state index contributed by atoms with van der Waals surface area (Å²) in [6.45, 7) is 0. The zero-order chi connectivity index (χ0) is 16.7. The number of carbonyl (C=O) groups excluding carboxylic acids is 2. The molecule has 2 amide bonds. The SMILES string of the molecule is Cn1nc(NC(=O)c2ccco2)c2c1NC(=O)CC2c1cccs1. The first kappa shape index (κ1) is 14.7. The van der Waals surface area contributed by atoms with Crippen molar-refractivity contribution in [3.63, 3.8) is 0 Å². The van der Waals surface area contributed by atoms with E-state index in [1.165, 1.54) is 6.26 Å². The Kier molecular flexibility index (Phi) is 3.46. The maximum atomic E-state index is 12.3. The molecule has 0 spiro atoms. The second kappa shape index (κ2) is 5.64. The van der Waals surface area contributed by atoms with Gasteiger partial charge in [0, 0.05) is 29.8 Å². The number of rotatable bonds is 3. The monoisotopic (exact) mass is 342 g/mol. The van der Waals surface area contributed by atoms with Gasteiger partial charge in [0.1, 0.15) is 5.82 Å². The number of furan rings is 1. The van der Waals surface area contributed by atoms with Crippen LogP contribution in [-0.2, 0) is 11.8 Å². The second-order valence-electron chi connectivity index (χ2n) is 5.49. The van der Waals surface area contributed by atoms with Crippen molar-refractivity contribution in [2.24, 2.45) is 7.05 Å². The second-order valence-corrected chi connectivity index (χ2v) is 6.47. The van der Waals surface area contributed by atoms with Crippen LogP contribution in [0.15, 0.2) is 40.3 Å². The van der Waals surface area contributed by atoms with Crippen LogP contribution in [-0.4, -0.2) is 21.6 Å². The molecular formula is C16H14N4O3S. The van der Waals surface area contributed by atoms with Gasteiger partial charge in [0.2, 0.25) is 5.91 Å². The molecule has 1 atom stereocenters. The summed E-state index contributed by atoms with van der Waals surface area (Å²) in [6, 6.07) is 7.17. The van der Waals surface area contributed by atoms with Crippen molar-refractivity contribution >= 4 is 34.8 Å². The molecule has 3 aromatic rings. The lowest BCUT2D eigenvalue weighted by Gasteiger charge is -2.22. The minimum Gasteiger partial charge on any atom is -0.459 e. The summed E-state index contributed by atoms with van der Waals surface area (Å²) in [7, 11) is 1.73. The molecule has 2 N–H and O–H groups in total. The molecule has 3 aromatic heterocycles. The van der Waals surface area contributed by atoms with E-state index in [1.807, 2.05) is 17.5 Å². The maximum Gasteiger partial charge on any atom is 0.292 e. The predicted molar refractivity (Wildman–Crippen MR) is 89.3 cm³/mol. The van der Waals surface area contributed by atoms with Crippen molar-refractivity contribution < 1.29 is 14.0 Å². The fraction of sp³-hybridized carbons (Fsp3) is 0.188. The maximum absolute atomic E-state index is 12.3. The van der Waals surface area contributed by atoms with Crippen LogP contribution >= 0.6 is 11.3 Å². The number of hydrogen-bond acceptors (Lipinski definition) is 5. The van der Waals surface area contributed by atoms with Crippen molar-refractivity contribution in [3.05, 3.63) is 52.1 Å². The first-order valence-electron chi connectivity index (χ1n) is 7.38.